The van der Waals surface area contributed by atoms with Gasteiger partial charge in [-0.3, -0.25) is 4.79 Å². The van der Waals surface area contributed by atoms with E-state index in [1.54, 1.807) is 12.1 Å². The third-order valence-electron chi connectivity index (χ3n) is 5.70. The van der Waals surface area contributed by atoms with Crippen molar-refractivity contribution < 1.29 is 23.1 Å². The van der Waals surface area contributed by atoms with Gasteiger partial charge in [-0.2, -0.15) is 0 Å². The fourth-order valence-electron chi connectivity index (χ4n) is 4.02. The molecule has 2 aromatic carbocycles. The number of hydrogen-bond donors (Lipinski definition) is 4. The highest BCUT2D eigenvalue weighted by Gasteiger charge is 2.38. The molecule has 30 heavy (non-hydrogen) atoms. The van der Waals surface area contributed by atoms with Gasteiger partial charge < -0.3 is 21.1 Å². The zero-order valence-electron chi connectivity index (χ0n) is 16.1. The fourth-order valence-corrected chi connectivity index (χ4v) is 4.02. The van der Waals surface area contributed by atoms with Crippen LogP contribution in [-0.2, 0) is 4.79 Å². The summed E-state index contributed by atoms with van der Waals surface area (Å²) < 4.78 is 41.7. The maximum absolute atomic E-state index is 14.4. The van der Waals surface area contributed by atoms with Crippen LogP contribution in [0.25, 0.3) is 22.2 Å². The Bertz CT molecular complexity index is 1080. The molecule has 0 aliphatic heterocycles. The van der Waals surface area contributed by atoms with Gasteiger partial charge in [0.25, 0.3) is 0 Å². The first-order valence-electron chi connectivity index (χ1n) is 9.79. The zero-order chi connectivity index (χ0) is 21.4. The van der Waals surface area contributed by atoms with E-state index >= 15 is 0 Å². The van der Waals surface area contributed by atoms with Crippen LogP contribution in [0.5, 0.6) is 0 Å². The average molecular weight is 417 g/mol. The molecule has 0 radical (unpaired) electrons. The van der Waals surface area contributed by atoms with E-state index in [9.17, 15) is 23.1 Å². The molecule has 8 heteroatoms. The van der Waals surface area contributed by atoms with Crippen molar-refractivity contribution in [1.82, 2.24) is 10.3 Å². The van der Waals surface area contributed by atoms with Crippen molar-refractivity contribution in [2.45, 2.75) is 24.9 Å². The second kappa shape index (κ2) is 8.12. The third kappa shape index (κ3) is 3.80. The molecule has 3 aromatic rings. The maximum atomic E-state index is 14.4. The Morgan fingerprint density at radius 2 is 1.87 bits per heavy atom. The number of aliphatic hydroxyl groups is 1. The Morgan fingerprint density at radius 3 is 2.53 bits per heavy atom. The Balaban J connectivity index is 1.64. The summed E-state index contributed by atoms with van der Waals surface area (Å²) in [5, 5.41) is 12.6. The quantitative estimate of drug-likeness (QED) is 0.497. The summed E-state index contributed by atoms with van der Waals surface area (Å²) in [7, 11) is 0. The van der Waals surface area contributed by atoms with Gasteiger partial charge in [-0.1, -0.05) is 0 Å². The third-order valence-corrected chi connectivity index (χ3v) is 5.70. The lowest BCUT2D eigenvalue weighted by Crippen LogP contribution is -2.42. The van der Waals surface area contributed by atoms with Crippen LogP contribution in [0.4, 0.5) is 13.2 Å². The van der Waals surface area contributed by atoms with Crippen molar-refractivity contribution in [2.24, 2.45) is 11.7 Å². The van der Waals surface area contributed by atoms with Gasteiger partial charge in [-0.05, 0) is 60.2 Å². The standard InChI is InChI=1S/C22H22F3N3O2/c23-14-3-1-11(2-4-14)20-19(17-7-15(24)8-18(25)21(17)28-20)12-5-13(6-12)22(30)27-10-16(29)9-26/h1-4,7-8,12-13,16,28-29H,5-6,9-10,26H2,(H,27,30). The number of aliphatic hydroxyl groups excluding tert-OH is 1. The molecule has 1 saturated carbocycles. The molecular weight excluding hydrogens is 395 g/mol. The second-order valence-electron chi connectivity index (χ2n) is 7.73. The topological polar surface area (TPSA) is 91.1 Å². The van der Waals surface area contributed by atoms with E-state index in [-0.39, 0.29) is 36.3 Å². The van der Waals surface area contributed by atoms with Gasteiger partial charge >= 0.3 is 0 Å². The summed E-state index contributed by atoms with van der Waals surface area (Å²) in [6.45, 7) is 0.141. The molecule has 0 spiro atoms. The molecule has 1 aliphatic carbocycles. The van der Waals surface area contributed by atoms with E-state index in [2.05, 4.69) is 10.3 Å². The van der Waals surface area contributed by atoms with Gasteiger partial charge in [0, 0.05) is 30.5 Å². The lowest BCUT2D eigenvalue weighted by Gasteiger charge is -2.35. The number of hydrogen-bond acceptors (Lipinski definition) is 3. The van der Waals surface area contributed by atoms with Gasteiger partial charge in [0.1, 0.15) is 17.5 Å². The summed E-state index contributed by atoms with van der Waals surface area (Å²) in [6.07, 6.45) is 0.211. The number of aromatic amines is 1. The minimum Gasteiger partial charge on any atom is -0.390 e. The second-order valence-corrected chi connectivity index (χ2v) is 7.73. The molecule has 1 fully saturated rings. The fraction of sp³-hybridized carbons (Fsp3) is 0.318. The molecule has 5 nitrogen and oxygen atoms in total. The number of carbonyl (C=O) groups is 1. The molecule has 158 valence electrons. The minimum atomic E-state index is -0.797. The Morgan fingerprint density at radius 1 is 1.17 bits per heavy atom. The van der Waals surface area contributed by atoms with Crippen molar-refractivity contribution in [3.8, 4) is 11.3 Å². The van der Waals surface area contributed by atoms with Crippen LogP contribution in [-0.4, -0.2) is 35.2 Å². The van der Waals surface area contributed by atoms with Gasteiger partial charge in [-0.15, -0.1) is 0 Å². The first kappa shape index (κ1) is 20.4. The summed E-state index contributed by atoms with van der Waals surface area (Å²) in [5.41, 5.74) is 7.49. The first-order chi connectivity index (χ1) is 14.4. The molecule has 1 aliphatic rings. The van der Waals surface area contributed by atoms with Gasteiger partial charge in [-0.25, -0.2) is 13.2 Å². The summed E-state index contributed by atoms with van der Waals surface area (Å²) in [4.78, 5) is 15.3. The van der Waals surface area contributed by atoms with E-state index in [1.807, 2.05) is 0 Å². The highest BCUT2D eigenvalue weighted by molar-refractivity contribution is 5.92. The Hall–Kier alpha value is -2.84. The number of carbonyl (C=O) groups excluding carboxylic acids is 1. The van der Waals surface area contributed by atoms with E-state index in [4.69, 9.17) is 5.73 Å². The molecule has 1 atom stereocenters. The van der Waals surface area contributed by atoms with E-state index in [0.29, 0.717) is 29.5 Å². The number of H-pyrrole nitrogens is 1. The van der Waals surface area contributed by atoms with Crippen LogP contribution in [0.1, 0.15) is 24.3 Å². The van der Waals surface area contributed by atoms with Crippen LogP contribution in [0, 0.1) is 23.4 Å². The van der Waals surface area contributed by atoms with E-state index in [0.717, 1.165) is 11.6 Å². The summed E-state index contributed by atoms with van der Waals surface area (Å²) in [6, 6.07) is 7.87. The Kier molecular flexibility index (Phi) is 5.53. The smallest absolute Gasteiger partial charge is 0.223 e. The average Bonchev–Trinajstić information content (AvgIpc) is 3.05. The van der Waals surface area contributed by atoms with Crippen LogP contribution in [0.3, 0.4) is 0 Å². The molecule has 0 saturated heterocycles. The molecule has 4 rings (SSSR count). The number of amides is 1. The lowest BCUT2D eigenvalue weighted by molar-refractivity contribution is -0.128. The van der Waals surface area contributed by atoms with Crippen molar-refractivity contribution in [3.63, 3.8) is 0 Å². The number of aromatic nitrogens is 1. The molecule has 1 heterocycles. The van der Waals surface area contributed by atoms with Crippen LogP contribution >= 0.6 is 0 Å². The lowest BCUT2D eigenvalue weighted by atomic mass is 9.70. The largest absolute Gasteiger partial charge is 0.390 e. The highest BCUT2D eigenvalue weighted by Crippen LogP contribution is 2.48. The number of nitrogens with two attached hydrogens (primary N) is 1. The number of halogens is 3. The van der Waals surface area contributed by atoms with Crippen LogP contribution in [0.15, 0.2) is 36.4 Å². The normalized spacial score (nSPS) is 19.5. The Labute approximate surface area is 171 Å². The molecule has 0 bridgehead atoms. The molecule has 1 unspecified atom stereocenters. The van der Waals surface area contributed by atoms with Crippen LogP contribution < -0.4 is 11.1 Å². The first-order valence-corrected chi connectivity index (χ1v) is 9.79. The zero-order valence-corrected chi connectivity index (χ0v) is 16.1. The number of rotatable bonds is 6. The molecule has 5 N–H and O–H groups in total. The summed E-state index contributed by atoms with van der Waals surface area (Å²) >= 11 is 0. The predicted octanol–water partition coefficient (Wildman–Crippen LogP) is 3.18. The van der Waals surface area contributed by atoms with Gasteiger partial charge in [0.05, 0.1) is 17.3 Å². The number of benzene rings is 2. The number of fused-ring (bicyclic) bond motifs is 1. The van der Waals surface area contributed by atoms with E-state index < -0.39 is 23.6 Å². The van der Waals surface area contributed by atoms with Gasteiger partial charge in [0.2, 0.25) is 5.91 Å². The SMILES string of the molecule is NCC(O)CNC(=O)C1CC(c2c(-c3ccc(F)cc3)[nH]c3c(F)cc(F)cc23)C1. The molecule has 1 amide bonds. The van der Waals surface area contributed by atoms with Crippen molar-refractivity contribution in [2.75, 3.05) is 13.1 Å². The van der Waals surface area contributed by atoms with E-state index in [1.165, 1.54) is 18.2 Å². The minimum absolute atomic E-state index is 0.0566. The maximum Gasteiger partial charge on any atom is 0.223 e. The highest BCUT2D eigenvalue weighted by atomic mass is 19.1. The predicted molar refractivity (Wildman–Crippen MR) is 107 cm³/mol. The van der Waals surface area contributed by atoms with Crippen molar-refractivity contribution in [1.29, 1.82) is 0 Å². The number of nitrogens with one attached hydrogen (secondary N) is 2. The monoisotopic (exact) mass is 417 g/mol. The van der Waals surface area contributed by atoms with Crippen molar-refractivity contribution >= 4 is 16.8 Å². The van der Waals surface area contributed by atoms with Crippen molar-refractivity contribution in [3.05, 3.63) is 59.4 Å². The van der Waals surface area contributed by atoms with Gasteiger partial charge in [0.15, 0.2) is 0 Å². The molecule has 1 aromatic heterocycles. The summed E-state index contributed by atoms with van der Waals surface area (Å²) in [5.74, 6) is -2.31. The van der Waals surface area contributed by atoms with Crippen LogP contribution in [0.2, 0.25) is 0 Å². The molecular formula is C22H22F3N3O2.